The molecule has 2 N–H and O–H groups in total. The molecule has 0 aliphatic rings. The molecule has 2 rings (SSSR count). The van der Waals surface area contributed by atoms with Crippen molar-refractivity contribution in [3.05, 3.63) is 58.6 Å². The van der Waals surface area contributed by atoms with Gasteiger partial charge >= 0.3 is 0 Å². The lowest BCUT2D eigenvalue weighted by molar-refractivity contribution is -0.114. The molecule has 0 radical (unpaired) electrons. The number of nitrogens with one attached hydrogen (secondary N) is 2. The van der Waals surface area contributed by atoms with Crippen LogP contribution in [0.15, 0.2) is 42.5 Å². The summed E-state index contributed by atoms with van der Waals surface area (Å²) in [5, 5.41) is 15.5. The lowest BCUT2D eigenvalue weighted by atomic mass is 10.1. The molecule has 0 aromatic heterocycles. The van der Waals surface area contributed by atoms with E-state index in [-0.39, 0.29) is 5.91 Å². The summed E-state index contributed by atoms with van der Waals surface area (Å²) in [7, 11) is 0. The average Bonchev–Trinajstić information content (AvgIpc) is 2.47. The number of carbonyl (C=O) groups excluding carboxylic acids is 1. The van der Waals surface area contributed by atoms with Crippen LogP contribution >= 0.6 is 11.6 Å². The zero-order chi connectivity index (χ0) is 15.2. The highest BCUT2D eigenvalue weighted by Gasteiger charge is 2.05. The molecule has 4 nitrogen and oxygen atoms in total. The third-order valence-electron chi connectivity index (χ3n) is 2.89. The molecule has 0 aliphatic carbocycles. The maximum absolute atomic E-state index is 11.1. The number of rotatable bonds is 4. The second kappa shape index (κ2) is 6.78. The molecule has 21 heavy (non-hydrogen) atoms. The first-order chi connectivity index (χ1) is 10.1. The summed E-state index contributed by atoms with van der Waals surface area (Å²) in [6, 6.07) is 14.7. The van der Waals surface area contributed by atoms with Crippen LogP contribution in [0.1, 0.15) is 18.1 Å². The maximum atomic E-state index is 11.1. The molecule has 0 aliphatic heterocycles. The van der Waals surface area contributed by atoms with Gasteiger partial charge in [0.1, 0.15) is 0 Å². The van der Waals surface area contributed by atoms with Crippen molar-refractivity contribution in [1.82, 2.24) is 0 Å². The van der Waals surface area contributed by atoms with Gasteiger partial charge in [0.25, 0.3) is 0 Å². The molecular formula is C16H14ClN3O. The summed E-state index contributed by atoms with van der Waals surface area (Å²) < 4.78 is 0. The van der Waals surface area contributed by atoms with Crippen LogP contribution < -0.4 is 10.6 Å². The molecule has 0 fully saturated rings. The molecule has 0 bridgehead atoms. The normalized spacial score (nSPS) is 9.76. The summed E-state index contributed by atoms with van der Waals surface area (Å²) >= 11 is 6.13. The zero-order valence-corrected chi connectivity index (χ0v) is 12.2. The Morgan fingerprint density at radius 1 is 1.29 bits per heavy atom. The number of anilines is 2. The highest BCUT2D eigenvalue weighted by molar-refractivity contribution is 6.33. The molecule has 1 amide bonds. The van der Waals surface area contributed by atoms with Crippen LogP contribution in [0.2, 0.25) is 5.02 Å². The van der Waals surface area contributed by atoms with Gasteiger partial charge in [-0.2, -0.15) is 5.26 Å². The fraction of sp³-hybridized carbons (Fsp3) is 0.125. The molecule has 0 heterocycles. The van der Waals surface area contributed by atoms with Crippen LogP contribution in [0.25, 0.3) is 0 Å². The molecule has 0 unspecified atom stereocenters. The second-order valence-corrected chi connectivity index (χ2v) is 4.91. The van der Waals surface area contributed by atoms with Gasteiger partial charge in [-0.15, -0.1) is 0 Å². The zero-order valence-electron chi connectivity index (χ0n) is 11.5. The number of benzene rings is 2. The molecule has 0 saturated carbocycles. The Balaban J connectivity index is 2.16. The highest BCUT2D eigenvalue weighted by Crippen LogP contribution is 2.26. The maximum Gasteiger partial charge on any atom is 0.221 e. The summed E-state index contributed by atoms with van der Waals surface area (Å²) in [6.45, 7) is 1.93. The van der Waals surface area contributed by atoms with E-state index in [1.165, 1.54) is 6.92 Å². The van der Waals surface area contributed by atoms with Gasteiger partial charge < -0.3 is 10.6 Å². The van der Waals surface area contributed by atoms with Gasteiger partial charge in [-0.05, 0) is 29.8 Å². The lowest BCUT2D eigenvalue weighted by Gasteiger charge is -2.11. The van der Waals surface area contributed by atoms with E-state index in [0.717, 1.165) is 5.56 Å². The van der Waals surface area contributed by atoms with Crippen molar-refractivity contribution in [3.8, 4) is 6.07 Å². The van der Waals surface area contributed by atoms with Crippen LogP contribution in [0, 0.1) is 11.3 Å². The summed E-state index contributed by atoms with van der Waals surface area (Å²) in [4.78, 5) is 11.1. The number of hydrogen-bond acceptors (Lipinski definition) is 3. The van der Waals surface area contributed by atoms with Gasteiger partial charge in [0.2, 0.25) is 5.91 Å². The Morgan fingerprint density at radius 3 is 2.76 bits per heavy atom. The second-order valence-electron chi connectivity index (χ2n) is 4.50. The molecule has 2 aromatic carbocycles. The van der Waals surface area contributed by atoms with Gasteiger partial charge in [0.15, 0.2) is 0 Å². The minimum atomic E-state index is -0.141. The average molecular weight is 300 g/mol. The third-order valence-corrected chi connectivity index (χ3v) is 3.22. The summed E-state index contributed by atoms with van der Waals surface area (Å²) in [5.41, 5.74) is 2.89. The summed E-state index contributed by atoms with van der Waals surface area (Å²) in [5.74, 6) is -0.141. The van der Waals surface area contributed by atoms with E-state index in [0.29, 0.717) is 28.5 Å². The topological polar surface area (TPSA) is 64.9 Å². The van der Waals surface area contributed by atoms with Crippen LogP contribution in [-0.2, 0) is 11.3 Å². The van der Waals surface area contributed by atoms with E-state index < -0.39 is 0 Å². The van der Waals surface area contributed by atoms with Crippen molar-refractivity contribution >= 4 is 28.9 Å². The molecule has 2 aromatic rings. The largest absolute Gasteiger partial charge is 0.380 e. The molecule has 106 valence electrons. The quantitative estimate of drug-likeness (QED) is 0.903. The first-order valence-corrected chi connectivity index (χ1v) is 6.77. The number of hydrogen-bond donors (Lipinski definition) is 2. The predicted octanol–water partition coefficient (Wildman–Crippen LogP) is 3.78. The van der Waals surface area contributed by atoms with Crippen LogP contribution in [0.5, 0.6) is 0 Å². The van der Waals surface area contributed by atoms with E-state index >= 15 is 0 Å². The smallest absolute Gasteiger partial charge is 0.221 e. The fourth-order valence-corrected chi connectivity index (χ4v) is 2.10. The van der Waals surface area contributed by atoms with Crippen molar-refractivity contribution in [3.63, 3.8) is 0 Å². The Kier molecular flexibility index (Phi) is 4.81. The van der Waals surface area contributed by atoms with E-state index in [9.17, 15) is 4.79 Å². The minimum Gasteiger partial charge on any atom is -0.380 e. The Bertz CT molecular complexity index is 707. The van der Waals surface area contributed by atoms with Crippen molar-refractivity contribution < 1.29 is 4.79 Å². The molecule has 0 atom stereocenters. The monoisotopic (exact) mass is 299 g/mol. The SMILES string of the molecule is CC(=O)Nc1ccc(Cl)c(NCc2ccccc2C#N)c1. The number of nitrogens with zero attached hydrogens (tertiary/aromatic N) is 1. The minimum absolute atomic E-state index is 0.141. The highest BCUT2D eigenvalue weighted by atomic mass is 35.5. The van der Waals surface area contributed by atoms with E-state index in [1.807, 2.05) is 18.2 Å². The van der Waals surface area contributed by atoms with Gasteiger partial charge in [-0.3, -0.25) is 4.79 Å². The van der Waals surface area contributed by atoms with Gasteiger partial charge in [-0.25, -0.2) is 0 Å². The number of nitriles is 1. The fourth-order valence-electron chi connectivity index (χ4n) is 1.92. The third kappa shape index (κ3) is 3.98. The first-order valence-electron chi connectivity index (χ1n) is 6.39. The van der Waals surface area contributed by atoms with Gasteiger partial charge in [0, 0.05) is 19.2 Å². The van der Waals surface area contributed by atoms with Crippen molar-refractivity contribution in [2.45, 2.75) is 13.5 Å². The van der Waals surface area contributed by atoms with Crippen LogP contribution in [-0.4, -0.2) is 5.91 Å². The van der Waals surface area contributed by atoms with E-state index in [2.05, 4.69) is 16.7 Å². The summed E-state index contributed by atoms with van der Waals surface area (Å²) in [6.07, 6.45) is 0. The predicted molar refractivity (Wildman–Crippen MR) is 84.2 cm³/mol. The molecule has 5 heteroatoms. The van der Waals surface area contributed by atoms with Crippen molar-refractivity contribution in [1.29, 1.82) is 5.26 Å². The Hall–Kier alpha value is -2.51. The van der Waals surface area contributed by atoms with Crippen LogP contribution in [0.3, 0.4) is 0 Å². The van der Waals surface area contributed by atoms with E-state index in [4.69, 9.17) is 16.9 Å². The lowest BCUT2D eigenvalue weighted by Crippen LogP contribution is -2.07. The standard InChI is InChI=1S/C16H14ClN3O/c1-11(21)20-14-6-7-15(17)16(8-14)19-10-13-5-3-2-4-12(13)9-18/h2-8,19H,10H2,1H3,(H,20,21). The van der Waals surface area contributed by atoms with E-state index in [1.54, 1.807) is 24.3 Å². The van der Waals surface area contributed by atoms with Gasteiger partial charge in [0.05, 0.1) is 22.3 Å². The first kappa shape index (κ1) is 14.9. The molecule has 0 spiro atoms. The molecular weight excluding hydrogens is 286 g/mol. The molecule has 0 saturated heterocycles. The van der Waals surface area contributed by atoms with Crippen LogP contribution in [0.4, 0.5) is 11.4 Å². The number of carbonyl (C=O) groups is 1. The van der Waals surface area contributed by atoms with Crippen molar-refractivity contribution in [2.75, 3.05) is 10.6 Å². The Labute approximate surface area is 128 Å². The number of amides is 1. The van der Waals surface area contributed by atoms with Gasteiger partial charge in [-0.1, -0.05) is 29.8 Å². The number of halogens is 1. The van der Waals surface area contributed by atoms with Crippen molar-refractivity contribution in [2.24, 2.45) is 0 Å². The Morgan fingerprint density at radius 2 is 2.05 bits per heavy atom.